The fourth-order valence-electron chi connectivity index (χ4n) is 1.10. The number of aliphatic hydroxyl groups excluding tert-OH is 1. The molecule has 0 aromatic carbocycles. The molecule has 0 aromatic rings. The fourth-order valence-corrected chi connectivity index (χ4v) is 1.10. The summed E-state index contributed by atoms with van der Waals surface area (Å²) in [5, 5.41) is 9.01. The number of hydrogen-bond acceptors (Lipinski definition) is 3. The molecule has 1 aliphatic heterocycles. The van der Waals surface area contributed by atoms with Gasteiger partial charge in [-0.2, -0.15) is 0 Å². The maximum Gasteiger partial charge on any atom is 0.447 e. The third-order valence-electron chi connectivity index (χ3n) is 1.79. The highest BCUT2D eigenvalue weighted by Crippen LogP contribution is 2.10. The lowest BCUT2D eigenvalue weighted by atomic mass is 10.1. The van der Waals surface area contributed by atoms with Crippen molar-refractivity contribution in [1.29, 1.82) is 0 Å². The Kier molecular flexibility index (Phi) is 2.64. The first-order valence-corrected chi connectivity index (χ1v) is 3.49. The van der Waals surface area contributed by atoms with Crippen molar-refractivity contribution in [2.24, 2.45) is 0 Å². The normalized spacial score (nSPS) is 20.0. The molecule has 64 valence electrons. The zero-order valence-corrected chi connectivity index (χ0v) is 5.99. The zero-order chi connectivity index (χ0) is 8.27. The van der Waals surface area contributed by atoms with Crippen LogP contribution in [0.15, 0.2) is 0 Å². The first-order valence-electron chi connectivity index (χ1n) is 3.49. The summed E-state index contributed by atoms with van der Waals surface area (Å²) < 4.78 is 11.3. The van der Waals surface area contributed by atoms with Crippen molar-refractivity contribution in [1.82, 2.24) is 4.90 Å². The van der Waals surface area contributed by atoms with Gasteiger partial charge in [0, 0.05) is 17.6 Å². The SMILES string of the molecule is O=C(OF)N1CCC(O)CC1. The number of carbonyl (C=O) groups is 1. The minimum Gasteiger partial charge on any atom is -0.393 e. The van der Waals surface area contributed by atoms with Gasteiger partial charge in [0.2, 0.25) is 0 Å². The summed E-state index contributed by atoms with van der Waals surface area (Å²) in [6, 6.07) is 0. The number of rotatable bonds is 0. The predicted octanol–water partition coefficient (Wildman–Crippen LogP) is 0.464. The summed E-state index contributed by atoms with van der Waals surface area (Å²) in [7, 11) is 0. The van der Waals surface area contributed by atoms with Gasteiger partial charge in [0.1, 0.15) is 0 Å². The van der Waals surface area contributed by atoms with Gasteiger partial charge in [-0.1, -0.05) is 0 Å². The lowest BCUT2D eigenvalue weighted by Crippen LogP contribution is -2.39. The average Bonchev–Trinajstić information content (AvgIpc) is 2.05. The van der Waals surface area contributed by atoms with Crippen molar-refractivity contribution in [2.45, 2.75) is 18.9 Å². The molecule has 0 saturated carbocycles. The second kappa shape index (κ2) is 3.52. The Labute approximate surface area is 63.5 Å². The molecule has 5 heteroatoms. The number of nitrogens with zero attached hydrogens (tertiary/aromatic N) is 1. The van der Waals surface area contributed by atoms with E-state index >= 15 is 0 Å². The van der Waals surface area contributed by atoms with Crippen LogP contribution >= 0.6 is 0 Å². The van der Waals surface area contributed by atoms with Crippen molar-refractivity contribution < 1.29 is 19.4 Å². The molecule has 0 radical (unpaired) electrons. The largest absolute Gasteiger partial charge is 0.447 e. The summed E-state index contributed by atoms with van der Waals surface area (Å²) >= 11 is 0. The topological polar surface area (TPSA) is 49.8 Å². The van der Waals surface area contributed by atoms with Crippen LogP contribution in [0.1, 0.15) is 12.8 Å². The monoisotopic (exact) mass is 163 g/mol. The molecule has 0 atom stereocenters. The van der Waals surface area contributed by atoms with Crippen molar-refractivity contribution in [2.75, 3.05) is 13.1 Å². The van der Waals surface area contributed by atoms with Gasteiger partial charge in [0.25, 0.3) is 0 Å². The molecule has 1 rings (SSSR count). The minimum atomic E-state index is -0.961. The number of likely N-dealkylation sites (tertiary alicyclic amines) is 1. The van der Waals surface area contributed by atoms with Crippen LogP contribution in [0.4, 0.5) is 9.32 Å². The van der Waals surface area contributed by atoms with E-state index in [1.54, 1.807) is 0 Å². The molecule has 0 aromatic heterocycles. The summed E-state index contributed by atoms with van der Waals surface area (Å²) in [4.78, 5) is 14.8. The molecule has 1 heterocycles. The number of amides is 1. The summed E-state index contributed by atoms with van der Waals surface area (Å²) in [5.74, 6) is 0. The maximum atomic E-state index is 11.3. The van der Waals surface area contributed by atoms with E-state index in [1.165, 1.54) is 4.90 Å². The molecule has 0 spiro atoms. The van der Waals surface area contributed by atoms with E-state index in [2.05, 4.69) is 4.94 Å². The predicted molar refractivity (Wildman–Crippen MR) is 34.4 cm³/mol. The highest BCUT2D eigenvalue weighted by molar-refractivity contribution is 5.66. The van der Waals surface area contributed by atoms with Crippen LogP contribution in [0.25, 0.3) is 0 Å². The first kappa shape index (κ1) is 8.26. The average molecular weight is 163 g/mol. The Morgan fingerprint density at radius 3 is 2.55 bits per heavy atom. The molecule has 1 aliphatic rings. The number of halogens is 1. The van der Waals surface area contributed by atoms with Gasteiger partial charge in [-0.25, -0.2) is 9.74 Å². The highest BCUT2D eigenvalue weighted by atomic mass is 19.3. The number of hydrogen-bond donors (Lipinski definition) is 1. The first-order chi connectivity index (χ1) is 5.24. The Morgan fingerprint density at radius 1 is 1.55 bits per heavy atom. The standard InChI is InChI=1S/C6H10FNO3/c7-11-6(10)8-3-1-5(9)2-4-8/h5,9H,1-4H2. The molecule has 1 saturated heterocycles. The van der Waals surface area contributed by atoms with Gasteiger partial charge in [0.05, 0.1) is 6.10 Å². The van der Waals surface area contributed by atoms with Gasteiger partial charge < -0.3 is 10.0 Å². The van der Waals surface area contributed by atoms with Crippen LogP contribution in [0.5, 0.6) is 0 Å². The number of carbonyl (C=O) groups excluding carboxylic acids is 1. The molecule has 1 N–H and O–H groups in total. The molecular weight excluding hydrogens is 153 g/mol. The van der Waals surface area contributed by atoms with Gasteiger partial charge in [-0.3, -0.25) is 0 Å². The summed E-state index contributed by atoms with van der Waals surface area (Å²) in [5.41, 5.74) is 0. The van der Waals surface area contributed by atoms with Crippen molar-refractivity contribution in [3.8, 4) is 0 Å². The second-order valence-electron chi connectivity index (χ2n) is 2.56. The van der Waals surface area contributed by atoms with Crippen molar-refractivity contribution in [3.63, 3.8) is 0 Å². The highest BCUT2D eigenvalue weighted by Gasteiger charge is 2.22. The third-order valence-corrected chi connectivity index (χ3v) is 1.79. The second-order valence-corrected chi connectivity index (χ2v) is 2.56. The van der Waals surface area contributed by atoms with E-state index in [1.807, 2.05) is 0 Å². The van der Waals surface area contributed by atoms with E-state index in [-0.39, 0.29) is 6.10 Å². The summed E-state index contributed by atoms with van der Waals surface area (Å²) in [6.07, 6.45) is -0.333. The van der Waals surface area contributed by atoms with E-state index in [0.717, 1.165) is 0 Å². The van der Waals surface area contributed by atoms with Crippen molar-refractivity contribution >= 4 is 6.09 Å². The molecule has 0 aliphatic carbocycles. The van der Waals surface area contributed by atoms with Gasteiger partial charge >= 0.3 is 6.09 Å². The molecule has 1 amide bonds. The molecule has 0 unspecified atom stereocenters. The Hall–Kier alpha value is -0.840. The lowest BCUT2D eigenvalue weighted by molar-refractivity contribution is -0.0839. The van der Waals surface area contributed by atoms with E-state index < -0.39 is 6.09 Å². The lowest BCUT2D eigenvalue weighted by Gasteiger charge is -2.26. The Bertz CT molecular complexity index is 145. The third kappa shape index (κ3) is 2.04. The zero-order valence-electron chi connectivity index (χ0n) is 5.99. The van der Waals surface area contributed by atoms with Crippen LogP contribution in [-0.4, -0.2) is 35.3 Å². The van der Waals surface area contributed by atoms with E-state index in [4.69, 9.17) is 5.11 Å². The molecule has 4 nitrogen and oxygen atoms in total. The smallest absolute Gasteiger partial charge is 0.393 e. The Morgan fingerprint density at radius 2 is 2.09 bits per heavy atom. The maximum absolute atomic E-state index is 11.3. The van der Waals surface area contributed by atoms with Gasteiger partial charge in [-0.05, 0) is 12.8 Å². The number of aliphatic hydroxyl groups is 1. The molecule has 11 heavy (non-hydrogen) atoms. The number of piperidine rings is 1. The van der Waals surface area contributed by atoms with Gasteiger partial charge in [-0.15, -0.1) is 0 Å². The van der Waals surface area contributed by atoms with Crippen molar-refractivity contribution in [3.05, 3.63) is 0 Å². The van der Waals surface area contributed by atoms with E-state index in [9.17, 15) is 9.32 Å². The molecule has 1 fully saturated rings. The van der Waals surface area contributed by atoms with E-state index in [0.29, 0.717) is 25.9 Å². The van der Waals surface area contributed by atoms with Crippen LogP contribution < -0.4 is 0 Å². The van der Waals surface area contributed by atoms with Gasteiger partial charge in [0.15, 0.2) is 0 Å². The fraction of sp³-hybridized carbons (Fsp3) is 0.833. The van der Waals surface area contributed by atoms with Crippen LogP contribution in [0, 0.1) is 0 Å². The van der Waals surface area contributed by atoms with Crippen LogP contribution in [0.2, 0.25) is 0 Å². The molecule has 0 bridgehead atoms. The van der Waals surface area contributed by atoms with Crippen LogP contribution in [-0.2, 0) is 4.94 Å². The molecular formula is C6H10FNO3. The minimum absolute atomic E-state index is 0.362. The quantitative estimate of drug-likeness (QED) is 0.564. The summed E-state index contributed by atoms with van der Waals surface area (Å²) in [6.45, 7) is 0.730. The Balaban J connectivity index is 2.33. The van der Waals surface area contributed by atoms with Crippen LogP contribution in [0.3, 0.4) is 0 Å².